The number of fused-ring (bicyclic) bond motifs is 1. The molecule has 3 heterocycles. The van der Waals surface area contributed by atoms with Crippen molar-refractivity contribution in [3.05, 3.63) is 65.2 Å². The van der Waals surface area contributed by atoms with Gasteiger partial charge in [0.2, 0.25) is 5.82 Å². The Hall–Kier alpha value is -3.15. The number of aryl methyl sites for hydroxylation is 2. The van der Waals surface area contributed by atoms with Crippen LogP contribution in [0.4, 0.5) is 5.69 Å². The van der Waals surface area contributed by atoms with Gasteiger partial charge in [0.15, 0.2) is 5.69 Å². The van der Waals surface area contributed by atoms with E-state index in [4.69, 9.17) is 0 Å². The molecule has 0 bridgehead atoms. The third-order valence-corrected chi connectivity index (χ3v) is 5.33. The molecule has 1 aliphatic heterocycles. The molecule has 0 radical (unpaired) electrons. The summed E-state index contributed by atoms with van der Waals surface area (Å²) in [5, 5.41) is 3.02. The van der Waals surface area contributed by atoms with Gasteiger partial charge in [0, 0.05) is 25.0 Å². The van der Waals surface area contributed by atoms with Crippen molar-refractivity contribution >= 4 is 23.0 Å². The molecule has 3 aromatic rings. The Kier molecular flexibility index (Phi) is 4.86. The van der Waals surface area contributed by atoms with Crippen LogP contribution in [0, 0.1) is 6.92 Å². The van der Waals surface area contributed by atoms with Crippen molar-refractivity contribution in [1.82, 2.24) is 14.3 Å². The van der Waals surface area contributed by atoms with Crippen molar-refractivity contribution in [1.29, 1.82) is 0 Å². The Morgan fingerprint density at radius 2 is 1.89 bits per heavy atom. The maximum Gasteiger partial charge on any atom is 0.290 e. The van der Waals surface area contributed by atoms with E-state index in [-0.39, 0.29) is 17.5 Å². The minimum absolute atomic E-state index is 0.122. The highest BCUT2D eigenvalue weighted by Crippen LogP contribution is 2.23. The van der Waals surface area contributed by atoms with Gasteiger partial charge in [-0.15, -0.1) is 0 Å². The normalized spacial score (nSPS) is 13.9. The number of nitrogens with zero attached hydrogens (tertiary/aromatic N) is 3. The number of carbonyl (C=O) groups excluding carboxylic acids is 2. The predicted molar refractivity (Wildman–Crippen MR) is 109 cm³/mol. The molecule has 2 aromatic heterocycles. The Balaban J connectivity index is 1.73. The van der Waals surface area contributed by atoms with E-state index in [1.54, 1.807) is 15.5 Å². The Morgan fingerprint density at radius 3 is 2.64 bits per heavy atom. The first-order chi connectivity index (χ1) is 13.6. The van der Waals surface area contributed by atoms with E-state index in [1.807, 2.05) is 43.3 Å². The van der Waals surface area contributed by atoms with Crippen molar-refractivity contribution in [2.45, 2.75) is 33.1 Å². The molecule has 0 atom stereocenters. The van der Waals surface area contributed by atoms with E-state index in [9.17, 15) is 9.59 Å². The number of amides is 2. The highest BCUT2D eigenvalue weighted by Gasteiger charge is 2.27. The van der Waals surface area contributed by atoms with Gasteiger partial charge >= 0.3 is 0 Å². The zero-order valence-corrected chi connectivity index (χ0v) is 16.2. The van der Waals surface area contributed by atoms with Crippen molar-refractivity contribution in [3.8, 4) is 0 Å². The summed E-state index contributed by atoms with van der Waals surface area (Å²) in [6, 6.07) is 11.5. The smallest absolute Gasteiger partial charge is 0.290 e. The Labute approximate surface area is 164 Å². The summed E-state index contributed by atoms with van der Waals surface area (Å²) >= 11 is 0. The van der Waals surface area contributed by atoms with Gasteiger partial charge in [0.1, 0.15) is 0 Å². The third-order valence-electron chi connectivity index (χ3n) is 5.33. The monoisotopic (exact) mass is 376 g/mol. The van der Waals surface area contributed by atoms with Crippen LogP contribution in [-0.4, -0.2) is 39.2 Å². The predicted octanol–water partition coefficient (Wildman–Crippen LogP) is 3.69. The summed E-state index contributed by atoms with van der Waals surface area (Å²) in [5.74, 6) is -0.126. The van der Waals surface area contributed by atoms with E-state index in [0.717, 1.165) is 49.2 Å². The molecule has 1 fully saturated rings. The molecule has 0 spiro atoms. The van der Waals surface area contributed by atoms with E-state index in [2.05, 4.69) is 17.2 Å². The molecule has 4 rings (SSSR count). The number of aromatic nitrogens is 2. The number of nitrogens with one attached hydrogen (secondary N) is 1. The number of carbonyl (C=O) groups is 2. The lowest BCUT2D eigenvalue weighted by Crippen LogP contribution is -2.29. The van der Waals surface area contributed by atoms with Crippen LogP contribution in [0.2, 0.25) is 0 Å². The lowest BCUT2D eigenvalue weighted by atomic mass is 10.1. The fourth-order valence-corrected chi connectivity index (χ4v) is 3.79. The molecular formula is C22H24N4O2. The standard InChI is InChI=1S/C22H24N4O2/c1-3-16-10-8-9-15(2)18(16)24-21(27)19-17-11-4-5-14-26(17)20(23-19)22(28)25-12-6-7-13-25/h4-5,8-11,14H,3,6-7,12-13H2,1-2H3,(H,24,27). The first kappa shape index (κ1) is 18.2. The van der Waals surface area contributed by atoms with Gasteiger partial charge in [-0.25, -0.2) is 4.98 Å². The van der Waals surface area contributed by atoms with Crippen molar-refractivity contribution in [2.24, 2.45) is 0 Å². The molecule has 0 unspecified atom stereocenters. The lowest BCUT2D eigenvalue weighted by Gasteiger charge is -2.13. The number of imidazole rings is 1. The Morgan fingerprint density at radius 1 is 1.11 bits per heavy atom. The quantitative estimate of drug-likeness (QED) is 0.755. The summed E-state index contributed by atoms with van der Waals surface area (Å²) < 4.78 is 1.72. The number of pyridine rings is 1. The number of likely N-dealkylation sites (tertiary alicyclic amines) is 1. The summed E-state index contributed by atoms with van der Waals surface area (Å²) in [5.41, 5.74) is 3.80. The van der Waals surface area contributed by atoms with Crippen LogP contribution in [-0.2, 0) is 6.42 Å². The zero-order chi connectivity index (χ0) is 19.7. The number of rotatable bonds is 4. The van der Waals surface area contributed by atoms with E-state index in [0.29, 0.717) is 11.3 Å². The second kappa shape index (κ2) is 7.46. The summed E-state index contributed by atoms with van der Waals surface area (Å²) in [4.78, 5) is 32.3. The summed E-state index contributed by atoms with van der Waals surface area (Å²) in [6.07, 6.45) is 4.62. The molecule has 1 aliphatic rings. The van der Waals surface area contributed by atoms with Gasteiger partial charge in [-0.05, 0) is 49.4 Å². The van der Waals surface area contributed by atoms with Crippen LogP contribution in [0.15, 0.2) is 42.6 Å². The average molecular weight is 376 g/mol. The average Bonchev–Trinajstić information content (AvgIpc) is 3.37. The largest absolute Gasteiger partial charge is 0.336 e. The molecule has 1 aromatic carbocycles. The molecule has 0 saturated carbocycles. The van der Waals surface area contributed by atoms with E-state index < -0.39 is 0 Å². The van der Waals surface area contributed by atoms with Crippen LogP contribution in [0.1, 0.15) is 52.0 Å². The third kappa shape index (κ3) is 3.15. The van der Waals surface area contributed by atoms with Gasteiger partial charge in [-0.3, -0.25) is 14.0 Å². The van der Waals surface area contributed by atoms with E-state index in [1.165, 1.54) is 0 Å². The molecule has 0 aliphatic carbocycles. The van der Waals surface area contributed by atoms with Gasteiger partial charge in [-0.2, -0.15) is 0 Å². The number of hydrogen-bond acceptors (Lipinski definition) is 3. The summed E-state index contributed by atoms with van der Waals surface area (Å²) in [7, 11) is 0. The van der Waals surface area contributed by atoms with Gasteiger partial charge in [0.25, 0.3) is 11.8 Å². The fraction of sp³-hybridized carbons (Fsp3) is 0.318. The van der Waals surface area contributed by atoms with Gasteiger partial charge in [-0.1, -0.05) is 31.2 Å². The topological polar surface area (TPSA) is 66.7 Å². The number of anilines is 1. The molecule has 28 heavy (non-hydrogen) atoms. The zero-order valence-electron chi connectivity index (χ0n) is 16.2. The van der Waals surface area contributed by atoms with Crippen LogP contribution >= 0.6 is 0 Å². The molecular weight excluding hydrogens is 352 g/mol. The van der Waals surface area contributed by atoms with Crippen molar-refractivity contribution in [2.75, 3.05) is 18.4 Å². The van der Waals surface area contributed by atoms with Crippen molar-refractivity contribution < 1.29 is 9.59 Å². The Bertz CT molecular complexity index is 1050. The minimum atomic E-state index is -0.298. The fourth-order valence-electron chi connectivity index (χ4n) is 3.79. The van der Waals surface area contributed by atoms with Crippen molar-refractivity contribution in [3.63, 3.8) is 0 Å². The van der Waals surface area contributed by atoms with Crippen LogP contribution in [0.3, 0.4) is 0 Å². The molecule has 2 amide bonds. The van der Waals surface area contributed by atoms with Gasteiger partial charge < -0.3 is 10.2 Å². The molecule has 144 valence electrons. The maximum absolute atomic E-state index is 13.1. The summed E-state index contributed by atoms with van der Waals surface area (Å²) in [6.45, 7) is 5.52. The molecule has 6 nitrogen and oxygen atoms in total. The molecule has 6 heteroatoms. The molecule has 1 saturated heterocycles. The maximum atomic E-state index is 13.1. The first-order valence-electron chi connectivity index (χ1n) is 9.76. The SMILES string of the molecule is CCc1cccc(C)c1NC(=O)c1nc(C(=O)N2CCCC2)n2ccccc12. The van der Waals surface area contributed by atoms with Crippen LogP contribution in [0.25, 0.3) is 5.52 Å². The number of hydrogen-bond donors (Lipinski definition) is 1. The number of benzene rings is 1. The lowest BCUT2D eigenvalue weighted by molar-refractivity contribution is 0.0780. The number of para-hydroxylation sites is 1. The van der Waals surface area contributed by atoms with Gasteiger partial charge in [0.05, 0.1) is 5.52 Å². The second-order valence-corrected chi connectivity index (χ2v) is 7.16. The van der Waals surface area contributed by atoms with E-state index >= 15 is 0 Å². The second-order valence-electron chi connectivity index (χ2n) is 7.16. The highest BCUT2D eigenvalue weighted by atomic mass is 16.2. The first-order valence-corrected chi connectivity index (χ1v) is 9.76. The van der Waals surface area contributed by atoms with Crippen LogP contribution < -0.4 is 5.32 Å². The highest BCUT2D eigenvalue weighted by molar-refractivity contribution is 6.09. The van der Waals surface area contributed by atoms with Crippen LogP contribution in [0.5, 0.6) is 0 Å². The molecule has 1 N–H and O–H groups in total. The minimum Gasteiger partial charge on any atom is -0.336 e.